The van der Waals surface area contributed by atoms with Crippen molar-refractivity contribution in [3.05, 3.63) is 42.9 Å². The molecule has 3 heterocycles. The van der Waals surface area contributed by atoms with E-state index in [2.05, 4.69) is 15.4 Å². The Labute approximate surface area is 141 Å². The lowest BCUT2D eigenvalue weighted by molar-refractivity contribution is -0.124. The Kier molecular flexibility index (Phi) is 5.79. The monoisotopic (exact) mass is 330 g/mol. The maximum absolute atomic E-state index is 12.2. The van der Waals surface area contributed by atoms with Crippen molar-refractivity contribution in [1.82, 2.24) is 20.1 Å². The molecule has 7 heteroatoms. The van der Waals surface area contributed by atoms with Crippen molar-refractivity contribution in [3.63, 3.8) is 0 Å². The molecule has 7 nitrogen and oxygen atoms in total. The van der Waals surface area contributed by atoms with E-state index in [9.17, 15) is 4.79 Å². The molecule has 128 valence electrons. The van der Waals surface area contributed by atoms with Crippen LogP contribution in [0.15, 0.2) is 42.9 Å². The Morgan fingerprint density at radius 3 is 3.12 bits per heavy atom. The van der Waals surface area contributed by atoms with Gasteiger partial charge in [-0.1, -0.05) is 6.07 Å². The molecule has 1 saturated heterocycles. The minimum absolute atomic E-state index is 0.0312. The summed E-state index contributed by atoms with van der Waals surface area (Å²) in [6, 6.07) is 7.33. The van der Waals surface area contributed by atoms with E-state index in [0.717, 1.165) is 19.4 Å². The fraction of sp³-hybridized carbons (Fsp3) is 0.471. The number of nitrogens with zero attached hydrogens (tertiary/aromatic N) is 3. The Balaban J connectivity index is 1.47. The average Bonchev–Trinajstić information content (AvgIpc) is 3.11. The third-order valence-electron chi connectivity index (χ3n) is 3.91. The van der Waals surface area contributed by atoms with Crippen LogP contribution in [0.3, 0.4) is 0 Å². The molecule has 0 unspecified atom stereocenters. The number of hydrogen-bond donors (Lipinski definition) is 1. The van der Waals surface area contributed by atoms with Gasteiger partial charge in [0, 0.05) is 44.2 Å². The number of hydrogen-bond acceptors (Lipinski definition) is 5. The maximum atomic E-state index is 12.2. The van der Waals surface area contributed by atoms with Crippen LogP contribution in [0.25, 0.3) is 0 Å². The number of ether oxygens (including phenoxy) is 2. The van der Waals surface area contributed by atoms with Crippen LogP contribution in [0.2, 0.25) is 0 Å². The Morgan fingerprint density at radius 1 is 1.38 bits per heavy atom. The van der Waals surface area contributed by atoms with Gasteiger partial charge in [-0.2, -0.15) is 5.10 Å². The summed E-state index contributed by atoms with van der Waals surface area (Å²) < 4.78 is 13.2. The third kappa shape index (κ3) is 4.79. The van der Waals surface area contributed by atoms with Gasteiger partial charge in [0.05, 0.1) is 12.6 Å². The van der Waals surface area contributed by atoms with Crippen molar-refractivity contribution < 1.29 is 14.3 Å². The summed E-state index contributed by atoms with van der Waals surface area (Å²) >= 11 is 0. The number of pyridine rings is 1. The molecule has 3 rings (SSSR count). The lowest BCUT2D eigenvalue weighted by atomic mass is 10.1. The van der Waals surface area contributed by atoms with Gasteiger partial charge in [0.1, 0.15) is 6.10 Å². The van der Waals surface area contributed by atoms with Crippen LogP contribution in [0.4, 0.5) is 0 Å². The molecule has 0 saturated carbocycles. The minimum Gasteiger partial charge on any atom is -0.470 e. The molecule has 0 aromatic carbocycles. The first-order valence-electron chi connectivity index (χ1n) is 8.23. The standard InChI is InChI=1S/C17H22N4O3/c22-16(5-3-10-21-11-4-9-19-21)20-14-7-12-23-13-15(14)24-17-6-1-2-8-18-17/h1-2,4,6,8-9,11,14-15H,3,5,7,10,12-13H2,(H,20,22)/t14-,15-/m1/s1. The van der Waals surface area contributed by atoms with Crippen molar-refractivity contribution in [2.24, 2.45) is 0 Å². The second-order valence-electron chi connectivity index (χ2n) is 5.73. The topological polar surface area (TPSA) is 78.3 Å². The van der Waals surface area contributed by atoms with Gasteiger partial charge >= 0.3 is 0 Å². The van der Waals surface area contributed by atoms with Crippen molar-refractivity contribution >= 4 is 5.91 Å². The highest BCUT2D eigenvalue weighted by Crippen LogP contribution is 2.15. The van der Waals surface area contributed by atoms with Crippen LogP contribution >= 0.6 is 0 Å². The minimum atomic E-state index is -0.219. The van der Waals surface area contributed by atoms with Gasteiger partial charge in [-0.3, -0.25) is 9.48 Å². The van der Waals surface area contributed by atoms with E-state index in [1.54, 1.807) is 18.5 Å². The van der Waals surface area contributed by atoms with Crippen LogP contribution in [0.1, 0.15) is 19.3 Å². The van der Waals surface area contributed by atoms with Gasteiger partial charge < -0.3 is 14.8 Å². The first kappa shape index (κ1) is 16.4. The van der Waals surface area contributed by atoms with Gasteiger partial charge in [0.25, 0.3) is 0 Å². The second kappa shape index (κ2) is 8.44. The molecule has 0 spiro atoms. The number of carbonyl (C=O) groups excluding carboxylic acids is 1. The second-order valence-corrected chi connectivity index (χ2v) is 5.73. The smallest absolute Gasteiger partial charge is 0.220 e. The summed E-state index contributed by atoms with van der Waals surface area (Å²) in [5, 5.41) is 7.20. The number of aromatic nitrogens is 3. The molecule has 2 aromatic heterocycles. The van der Waals surface area contributed by atoms with Crippen molar-refractivity contribution in [2.45, 2.75) is 38.0 Å². The molecule has 2 atom stereocenters. The Bertz CT molecular complexity index is 618. The highest BCUT2D eigenvalue weighted by atomic mass is 16.5. The molecule has 24 heavy (non-hydrogen) atoms. The van der Waals surface area contributed by atoms with Gasteiger partial charge in [0.15, 0.2) is 0 Å². The van der Waals surface area contributed by atoms with Crippen molar-refractivity contribution in [1.29, 1.82) is 0 Å². The lowest BCUT2D eigenvalue weighted by Gasteiger charge is -2.32. The van der Waals surface area contributed by atoms with E-state index in [1.807, 2.05) is 29.1 Å². The van der Waals surface area contributed by atoms with E-state index >= 15 is 0 Å². The van der Waals surface area contributed by atoms with Gasteiger partial charge in [-0.25, -0.2) is 4.98 Å². The number of aryl methyl sites for hydroxylation is 1. The van der Waals surface area contributed by atoms with Crippen LogP contribution in [-0.2, 0) is 16.1 Å². The van der Waals surface area contributed by atoms with E-state index in [4.69, 9.17) is 9.47 Å². The van der Waals surface area contributed by atoms with Gasteiger partial charge in [-0.15, -0.1) is 0 Å². The van der Waals surface area contributed by atoms with Gasteiger partial charge in [-0.05, 0) is 25.0 Å². The molecule has 1 aliphatic heterocycles. The molecular weight excluding hydrogens is 308 g/mol. The highest BCUT2D eigenvalue weighted by Gasteiger charge is 2.29. The number of rotatable bonds is 7. The molecule has 1 amide bonds. The summed E-state index contributed by atoms with van der Waals surface area (Å²) in [5.74, 6) is 0.578. The molecule has 0 radical (unpaired) electrons. The quantitative estimate of drug-likeness (QED) is 0.830. The SMILES string of the molecule is O=C(CCCn1cccn1)N[C@@H]1CCOC[C@H]1Oc1ccccn1. The number of amides is 1. The maximum Gasteiger partial charge on any atom is 0.220 e. The predicted octanol–water partition coefficient (Wildman–Crippen LogP) is 1.41. The van der Waals surface area contributed by atoms with Crippen LogP contribution in [0.5, 0.6) is 5.88 Å². The largest absolute Gasteiger partial charge is 0.470 e. The first-order valence-corrected chi connectivity index (χ1v) is 8.23. The fourth-order valence-corrected chi connectivity index (χ4v) is 2.68. The predicted molar refractivity (Wildman–Crippen MR) is 87.5 cm³/mol. The van der Waals surface area contributed by atoms with E-state index in [-0.39, 0.29) is 18.1 Å². The highest BCUT2D eigenvalue weighted by molar-refractivity contribution is 5.76. The molecule has 1 aliphatic rings. The third-order valence-corrected chi connectivity index (χ3v) is 3.91. The van der Waals surface area contributed by atoms with Gasteiger partial charge in [0.2, 0.25) is 11.8 Å². The molecule has 1 fully saturated rings. The zero-order valence-corrected chi connectivity index (χ0v) is 13.5. The fourth-order valence-electron chi connectivity index (χ4n) is 2.68. The van der Waals surface area contributed by atoms with Crippen LogP contribution in [0, 0.1) is 0 Å². The summed E-state index contributed by atoms with van der Waals surface area (Å²) in [5.41, 5.74) is 0. The van der Waals surface area contributed by atoms with Crippen molar-refractivity contribution in [3.8, 4) is 5.88 Å². The van der Waals surface area contributed by atoms with Crippen LogP contribution in [-0.4, -0.2) is 46.0 Å². The molecule has 0 aliphatic carbocycles. The number of nitrogens with one attached hydrogen (secondary N) is 1. The van der Waals surface area contributed by atoms with E-state index < -0.39 is 0 Å². The zero-order valence-electron chi connectivity index (χ0n) is 13.5. The van der Waals surface area contributed by atoms with Crippen molar-refractivity contribution in [2.75, 3.05) is 13.2 Å². The molecule has 0 bridgehead atoms. The average molecular weight is 330 g/mol. The summed E-state index contributed by atoms with van der Waals surface area (Å²) in [6.07, 6.45) is 7.05. The summed E-state index contributed by atoms with van der Waals surface area (Å²) in [6.45, 7) is 1.82. The lowest BCUT2D eigenvalue weighted by Crippen LogP contribution is -2.51. The molecular formula is C17H22N4O3. The number of carbonyl (C=O) groups is 1. The molecule has 2 aromatic rings. The zero-order chi connectivity index (χ0) is 16.6. The Hall–Kier alpha value is -2.41. The Morgan fingerprint density at radius 2 is 2.33 bits per heavy atom. The summed E-state index contributed by atoms with van der Waals surface area (Å²) in [4.78, 5) is 16.3. The molecule has 1 N–H and O–H groups in total. The first-order chi connectivity index (χ1) is 11.8. The van der Waals surface area contributed by atoms with E-state index in [1.165, 1.54) is 0 Å². The normalized spacial score (nSPS) is 20.5. The van der Waals surface area contributed by atoms with E-state index in [0.29, 0.717) is 25.5 Å². The summed E-state index contributed by atoms with van der Waals surface area (Å²) in [7, 11) is 0. The van der Waals surface area contributed by atoms with Crippen LogP contribution < -0.4 is 10.1 Å².